The predicted octanol–water partition coefficient (Wildman–Crippen LogP) is 2.53. The monoisotopic (exact) mass is 479 g/mol. The number of carbonyl (C=O) groups excluding carboxylic acids is 1. The van der Waals surface area contributed by atoms with Gasteiger partial charge in [-0.05, 0) is 26.7 Å². The van der Waals surface area contributed by atoms with Crippen LogP contribution in [0.2, 0.25) is 0 Å². The summed E-state index contributed by atoms with van der Waals surface area (Å²) >= 11 is 1.74. The van der Waals surface area contributed by atoms with Crippen LogP contribution in [0.3, 0.4) is 0 Å². The van der Waals surface area contributed by atoms with Crippen molar-refractivity contribution in [3.63, 3.8) is 0 Å². The first-order chi connectivity index (χ1) is 11.6. The summed E-state index contributed by atoms with van der Waals surface area (Å²) in [5, 5.41) is 10.5. The molecular weight excluding hydrogens is 449 g/mol. The van der Waals surface area contributed by atoms with Crippen molar-refractivity contribution < 1.29 is 4.79 Å². The van der Waals surface area contributed by atoms with E-state index >= 15 is 0 Å². The molecule has 0 saturated heterocycles. The lowest BCUT2D eigenvalue weighted by Crippen LogP contribution is -2.46. The second kappa shape index (κ2) is 11.7. The Kier molecular flexibility index (Phi) is 10.3. The van der Waals surface area contributed by atoms with Crippen molar-refractivity contribution in [3.05, 3.63) is 15.6 Å². The summed E-state index contributed by atoms with van der Waals surface area (Å²) in [7, 11) is 1.71. The molecule has 0 radical (unpaired) electrons. The first kappa shape index (κ1) is 22.1. The third-order valence-electron chi connectivity index (χ3n) is 4.31. The Labute approximate surface area is 171 Å². The van der Waals surface area contributed by atoms with Gasteiger partial charge >= 0.3 is 0 Å². The van der Waals surface area contributed by atoms with Crippen LogP contribution in [0.25, 0.3) is 0 Å². The molecule has 0 atom stereocenters. The molecule has 1 saturated carbocycles. The second-order valence-electron chi connectivity index (χ2n) is 6.25. The van der Waals surface area contributed by atoms with Crippen molar-refractivity contribution in [2.75, 3.05) is 20.1 Å². The van der Waals surface area contributed by atoms with E-state index in [2.05, 4.69) is 32.9 Å². The summed E-state index contributed by atoms with van der Waals surface area (Å²) in [6, 6.07) is 0.347. The molecule has 1 aliphatic rings. The van der Waals surface area contributed by atoms with Crippen molar-refractivity contribution in [3.8, 4) is 0 Å². The Morgan fingerprint density at radius 1 is 1.24 bits per heavy atom. The zero-order valence-electron chi connectivity index (χ0n) is 15.4. The molecule has 1 heterocycles. The highest BCUT2D eigenvalue weighted by Gasteiger charge is 2.15. The number of thiazole rings is 1. The molecule has 8 heteroatoms. The number of hydrogen-bond acceptors (Lipinski definition) is 4. The van der Waals surface area contributed by atoms with Crippen LogP contribution in [-0.4, -0.2) is 43.0 Å². The van der Waals surface area contributed by atoms with Gasteiger partial charge in [0, 0.05) is 30.9 Å². The Morgan fingerprint density at radius 2 is 1.96 bits per heavy atom. The Balaban J connectivity index is 0.00000312. The largest absolute Gasteiger partial charge is 0.356 e. The maximum Gasteiger partial charge on any atom is 0.239 e. The molecule has 1 aliphatic carbocycles. The van der Waals surface area contributed by atoms with Gasteiger partial charge in [-0.25, -0.2) is 4.98 Å². The number of aromatic nitrogens is 1. The molecule has 0 unspecified atom stereocenters. The van der Waals surface area contributed by atoms with Crippen LogP contribution >= 0.6 is 35.3 Å². The van der Waals surface area contributed by atoms with Gasteiger partial charge in [0.1, 0.15) is 0 Å². The van der Waals surface area contributed by atoms with E-state index in [1.54, 1.807) is 18.4 Å². The maximum atomic E-state index is 12.0. The van der Waals surface area contributed by atoms with Crippen LogP contribution in [0.5, 0.6) is 0 Å². The molecule has 0 aromatic carbocycles. The van der Waals surface area contributed by atoms with Gasteiger partial charge in [-0.15, -0.1) is 35.3 Å². The summed E-state index contributed by atoms with van der Waals surface area (Å²) in [6.45, 7) is 5.13. The van der Waals surface area contributed by atoms with Gasteiger partial charge in [-0.1, -0.05) is 19.3 Å². The number of guanidine groups is 1. The molecule has 1 amide bonds. The number of aliphatic imine (C=N–C) groups is 1. The summed E-state index contributed by atoms with van der Waals surface area (Å²) in [5.41, 5.74) is 1.11. The highest BCUT2D eigenvalue weighted by atomic mass is 127. The molecule has 1 aromatic rings. The lowest BCUT2D eigenvalue weighted by molar-refractivity contribution is -0.120. The van der Waals surface area contributed by atoms with Crippen molar-refractivity contribution in [1.82, 2.24) is 20.9 Å². The molecule has 6 nitrogen and oxygen atoms in total. The zero-order chi connectivity index (χ0) is 17.4. The minimum atomic E-state index is 0. The molecule has 2 rings (SSSR count). The lowest BCUT2D eigenvalue weighted by Gasteiger charge is -2.23. The summed E-state index contributed by atoms with van der Waals surface area (Å²) in [5.74, 6) is 0.690. The van der Waals surface area contributed by atoms with E-state index < -0.39 is 0 Å². The van der Waals surface area contributed by atoms with Gasteiger partial charge < -0.3 is 16.0 Å². The maximum absolute atomic E-state index is 12.0. The quantitative estimate of drug-likeness (QED) is 0.333. The van der Waals surface area contributed by atoms with E-state index in [4.69, 9.17) is 0 Å². The molecule has 25 heavy (non-hydrogen) atoms. The van der Waals surface area contributed by atoms with E-state index in [9.17, 15) is 4.79 Å². The number of nitrogens with one attached hydrogen (secondary N) is 3. The van der Waals surface area contributed by atoms with Gasteiger partial charge in [-0.3, -0.25) is 9.79 Å². The number of amides is 1. The number of nitrogens with zero attached hydrogens (tertiary/aromatic N) is 2. The van der Waals surface area contributed by atoms with E-state index in [1.165, 1.54) is 24.1 Å². The summed E-state index contributed by atoms with van der Waals surface area (Å²) < 4.78 is 0. The highest BCUT2D eigenvalue weighted by Crippen LogP contribution is 2.17. The molecule has 0 bridgehead atoms. The smallest absolute Gasteiger partial charge is 0.239 e. The van der Waals surface area contributed by atoms with Crippen LogP contribution < -0.4 is 16.0 Å². The predicted molar refractivity (Wildman–Crippen MR) is 115 cm³/mol. The molecule has 1 aromatic heterocycles. The molecule has 142 valence electrons. The van der Waals surface area contributed by atoms with Gasteiger partial charge in [0.2, 0.25) is 5.91 Å². The van der Waals surface area contributed by atoms with Crippen LogP contribution in [0.15, 0.2) is 4.99 Å². The number of carbonyl (C=O) groups is 1. The molecule has 1 fully saturated rings. The Morgan fingerprint density at radius 3 is 2.56 bits per heavy atom. The minimum absolute atomic E-state index is 0. The van der Waals surface area contributed by atoms with E-state index in [0.717, 1.165) is 36.5 Å². The average molecular weight is 479 g/mol. The molecule has 0 spiro atoms. The number of hydrogen-bond donors (Lipinski definition) is 3. The van der Waals surface area contributed by atoms with Crippen LogP contribution in [-0.2, 0) is 11.2 Å². The standard InChI is InChI=1S/C17H29N5OS.HI/c1-12-13(2)24-16(21-12)9-10-19-17(18-3)20-11-15(23)22-14-7-5-4-6-8-14;/h14H,4-11H2,1-3H3,(H,22,23)(H2,18,19,20);1H. The van der Waals surface area contributed by atoms with Crippen molar-refractivity contribution in [1.29, 1.82) is 0 Å². The van der Waals surface area contributed by atoms with E-state index in [-0.39, 0.29) is 36.4 Å². The van der Waals surface area contributed by atoms with Crippen molar-refractivity contribution in [2.24, 2.45) is 4.99 Å². The number of halogens is 1. The van der Waals surface area contributed by atoms with E-state index in [0.29, 0.717) is 12.0 Å². The number of rotatable bonds is 6. The first-order valence-corrected chi connectivity index (χ1v) is 9.57. The summed E-state index contributed by atoms with van der Waals surface area (Å²) in [4.78, 5) is 22.0. The average Bonchev–Trinajstić information content (AvgIpc) is 2.89. The fourth-order valence-electron chi connectivity index (χ4n) is 2.84. The normalized spacial score (nSPS) is 15.4. The molecule has 3 N–H and O–H groups in total. The first-order valence-electron chi connectivity index (χ1n) is 8.75. The fourth-order valence-corrected chi connectivity index (χ4v) is 3.78. The van der Waals surface area contributed by atoms with Gasteiger partial charge in [0.25, 0.3) is 0 Å². The third-order valence-corrected chi connectivity index (χ3v) is 5.45. The van der Waals surface area contributed by atoms with E-state index in [1.807, 2.05) is 6.92 Å². The topological polar surface area (TPSA) is 78.4 Å². The van der Waals surface area contributed by atoms with Crippen LogP contribution in [0.4, 0.5) is 0 Å². The Hall–Kier alpha value is -0.900. The minimum Gasteiger partial charge on any atom is -0.356 e. The second-order valence-corrected chi connectivity index (χ2v) is 7.54. The molecular formula is C17H30IN5OS. The van der Waals surface area contributed by atoms with Gasteiger partial charge in [0.05, 0.1) is 17.2 Å². The van der Waals surface area contributed by atoms with Gasteiger partial charge in [0.15, 0.2) is 5.96 Å². The fraction of sp³-hybridized carbons (Fsp3) is 0.706. The van der Waals surface area contributed by atoms with Gasteiger partial charge in [-0.2, -0.15) is 0 Å². The lowest BCUT2D eigenvalue weighted by atomic mass is 9.95. The number of aryl methyl sites for hydroxylation is 2. The SMILES string of the molecule is CN=C(NCCc1nc(C)c(C)s1)NCC(=O)NC1CCCCC1.I. The third kappa shape index (κ3) is 7.89. The highest BCUT2D eigenvalue weighted by molar-refractivity contribution is 14.0. The summed E-state index contributed by atoms with van der Waals surface area (Å²) in [6.07, 6.45) is 6.79. The van der Waals surface area contributed by atoms with Crippen molar-refractivity contribution in [2.45, 2.75) is 58.4 Å². The van der Waals surface area contributed by atoms with Crippen LogP contribution in [0.1, 0.15) is 47.7 Å². The zero-order valence-corrected chi connectivity index (χ0v) is 18.5. The van der Waals surface area contributed by atoms with Crippen LogP contribution in [0, 0.1) is 13.8 Å². The molecule has 0 aliphatic heterocycles. The van der Waals surface area contributed by atoms with Crippen molar-refractivity contribution >= 4 is 47.2 Å². The Bertz CT molecular complexity index is 550.